The fourth-order valence-corrected chi connectivity index (χ4v) is 4.04. The first-order chi connectivity index (χ1) is 13.2. The Hall–Kier alpha value is -0.900. The highest BCUT2D eigenvalue weighted by Crippen LogP contribution is 2.17. The lowest BCUT2D eigenvalue weighted by atomic mass is 10.1. The van der Waals surface area contributed by atoms with Gasteiger partial charge in [0.25, 0.3) is 0 Å². The Morgan fingerprint density at radius 1 is 1.29 bits per heavy atom. The number of rotatable bonds is 6. The topological polar surface area (TPSA) is 49.3 Å². The number of hydrogen-bond acceptors (Lipinski definition) is 4. The Kier molecular flexibility index (Phi) is 9.98. The minimum atomic E-state index is 0. The molecular weight excluding hydrogens is 467 g/mol. The Labute approximate surface area is 186 Å². The summed E-state index contributed by atoms with van der Waals surface area (Å²) in [6.45, 7) is 9.67. The Bertz CT molecular complexity index is 628. The maximum Gasteiger partial charge on any atom is 0.193 e. The third-order valence-electron chi connectivity index (χ3n) is 5.37. The van der Waals surface area contributed by atoms with E-state index in [4.69, 9.17) is 9.47 Å². The summed E-state index contributed by atoms with van der Waals surface area (Å²) < 4.78 is 10.9. The first kappa shape index (κ1) is 23.4. The van der Waals surface area contributed by atoms with Crippen molar-refractivity contribution in [1.29, 1.82) is 0 Å². The largest absolute Gasteiger partial charge is 0.384 e. The van der Waals surface area contributed by atoms with E-state index >= 15 is 0 Å². The monoisotopic (exact) mass is 502 g/mol. The van der Waals surface area contributed by atoms with Crippen molar-refractivity contribution in [3.05, 3.63) is 35.4 Å². The average Bonchev–Trinajstić information content (AvgIpc) is 3.11. The molecule has 1 aromatic rings. The Balaban J connectivity index is 0.00000280. The molecule has 3 rings (SSSR count). The molecule has 0 aliphatic carbocycles. The molecule has 7 heteroatoms. The second-order valence-electron chi connectivity index (χ2n) is 7.69. The summed E-state index contributed by atoms with van der Waals surface area (Å²) in [5.41, 5.74) is 2.65. The van der Waals surface area contributed by atoms with Gasteiger partial charge in [-0.05, 0) is 24.5 Å². The van der Waals surface area contributed by atoms with Gasteiger partial charge in [-0.1, -0.05) is 24.3 Å². The van der Waals surface area contributed by atoms with E-state index < -0.39 is 0 Å². The molecule has 0 aromatic heterocycles. The van der Waals surface area contributed by atoms with Crippen molar-refractivity contribution in [2.45, 2.75) is 32.5 Å². The summed E-state index contributed by atoms with van der Waals surface area (Å²) in [5.74, 6) is 1.59. The maximum absolute atomic E-state index is 5.64. The van der Waals surface area contributed by atoms with Gasteiger partial charge in [0.15, 0.2) is 5.96 Å². The number of benzene rings is 1. The van der Waals surface area contributed by atoms with Crippen LogP contribution in [-0.2, 0) is 22.6 Å². The zero-order valence-corrected chi connectivity index (χ0v) is 19.7. The van der Waals surface area contributed by atoms with Crippen LogP contribution in [0.25, 0.3) is 0 Å². The fourth-order valence-electron chi connectivity index (χ4n) is 4.04. The predicted octanol–water partition coefficient (Wildman–Crippen LogP) is 2.57. The van der Waals surface area contributed by atoms with E-state index in [0.717, 1.165) is 58.4 Å². The number of aliphatic imine (C=N–C) groups is 1. The highest BCUT2D eigenvalue weighted by Gasteiger charge is 2.24. The molecular formula is C21H35IN4O2. The van der Waals surface area contributed by atoms with Gasteiger partial charge < -0.3 is 19.7 Å². The molecule has 158 valence electrons. The lowest BCUT2D eigenvalue weighted by Gasteiger charge is -2.31. The van der Waals surface area contributed by atoms with Crippen molar-refractivity contribution in [1.82, 2.24) is 15.1 Å². The molecule has 2 saturated heterocycles. The third-order valence-corrected chi connectivity index (χ3v) is 5.37. The number of hydrogen-bond donors (Lipinski definition) is 1. The van der Waals surface area contributed by atoms with Gasteiger partial charge in [0.2, 0.25) is 0 Å². The standard InChI is InChI=1S/C21H34N4O2.HI/c1-17-13-24(9-10-27-17)14-19-6-4-5-18(11-19)12-23-21(22-2)25-8-7-20(15-25)16-26-3;/h4-6,11,17,20H,7-10,12-16H2,1-3H3,(H,22,23);1H. The van der Waals surface area contributed by atoms with E-state index in [-0.39, 0.29) is 24.0 Å². The molecule has 2 atom stereocenters. The number of halogens is 1. The van der Waals surface area contributed by atoms with Crippen LogP contribution >= 0.6 is 24.0 Å². The summed E-state index contributed by atoms with van der Waals surface area (Å²) in [6, 6.07) is 8.86. The second kappa shape index (κ2) is 11.9. The molecule has 0 amide bonds. The molecule has 1 N–H and O–H groups in total. The molecule has 2 unspecified atom stereocenters. The van der Waals surface area contributed by atoms with Crippen LogP contribution in [0.4, 0.5) is 0 Å². The summed E-state index contributed by atoms with van der Waals surface area (Å²) in [5, 5.41) is 3.53. The zero-order chi connectivity index (χ0) is 19.1. The molecule has 0 spiro atoms. The van der Waals surface area contributed by atoms with Gasteiger partial charge in [-0.3, -0.25) is 9.89 Å². The minimum absolute atomic E-state index is 0. The van der Waals surface area contributed by atoms with E-state index in [0.29, 0.717) is 12.0 Å². The van der Waals surface area contributed by atoms with Gasteiger partial charge in [0, 0.05) is 59.3 Å². The van der Waals surface area contributed by atoms with Crippen LogP contribution in [0.15, 0.2) is 29.3 Å². The highest BCUT2D eigenvalue weighted by atomic mass is 127. The molecule has 2 aliphatic rings. The molecule has 28 heavy (non-hydrogen) atoms. The van der Waals surface area contributed by atoms with Crippen molar-refractivity contribution >= 4 is 29.9 Å². The van der Waals surface area contributed by atoms with Gasteiger partial charge in [0.05, 0.1) is 19.3 Å². The van der Waals surface area contributed by atoms with E-state index in [1.807, 2.05) is 7.05 Å². The average molecular weight is 502 g/mol. The lowest BCUT2D eigenvalue weighted by molar-refractivity contribution is -0.0212. The van der Waals surface area contributed by atoms with Gasteiger partial charge in [-0.2, -0.15) is 0 Å². The SMILES string of the molecule is CN=C(NCc1cccc(CN2CCOC(C)C2)c1)N1CCC(COC)C1.I. The van der Waals surface area contributed by atoms with Gasteiger partial charge in [-0.15, -0.1) is 24.0 Å². The second-order valence-corrected chi connectivity index (χ2v) is 7.69. The molecule has 2 fully saturated rings. The summed E-state index contributed by atoms with van der Waals surface area (Å²) in [4.78, 5) is 9.28. The summed E-state index contributed by atoms with van der Waals surface area (Å²) in [6.07, 6.45) is 1.50. The van der Waals surface area contributed by atoms with Crippen LogP contribution in [0.5, 0.6) is 0 Å². The van der Waals surface area contributed by atoms with E-state index in [1.54, 1.807) is 7.11 Å². The molecule has 0 saturated carbocycles. The number of ether oxygens (including phenoxy) is 2. The number of nitrogens with one attached hydrogen (secondary N) is 1. The maximum atomic E-state index is 5.64. The molecule has 0 bridgehead atoms. The number of guanidine groups is 1. The van der Waals surface area contributed by atoms with Crippen LogP contribution in [-0.4, -0.2) is 75.4 Å². The smallest absolute Gasteiger partial charge is 0.193 e. The number of nitrogens with zero attached hydrogens (tertiary/aromatic N) is 3. The lowest BCUT2D eigenvalue weighted by Crippen LogP contribution is -2.40. The predicted molar refractivity (Wildman–Crippen MR) is 124 cm³/mol. The molecule has 6 nitrogen and oxygen atoms in total. The Morgan fingerprint density at radius 3 is 2.86 bits per heavy atom. The molecule has 2 aliphatic heterocycles. The fraction of sp³-hybridized carbons (Fsp3) is 0.667. The first-order valence-electron chi connectivity index (χ1n) is 10.0. The normalized spacial score (nSPS) is 23.5. The van der Waals surface area contributed by atoms with Gasteiger partial charge >= 0.3 is 0 Å². The third kappa shape index (κ3) is 6.86. The number of methoxy groups -OCH3 is 1. The highest BCUT2D eigenvalue weighted by molar-refractivity contribution is 14.0. The van der Waals surface area contributed by atoms with Crippen LogP contribution in [0.3, 0.4) is 0 Å². The van der Waals surface area contributed by atoms with E-state index in [2.05, 4.69) is 51.3 Å². The summed E-state index contributed by atoms with van der Waals surface area (Å²) >= 11 is 0. The van der Waals surface area contributed by atoms with Gasteiger partial charge in [0.1, 0.15) is 0 Å². The molecule has 2 heterocycles. The van der Waals surface area contributed by atoms with Crippen molar-refractivity contribution in [3.63, 3.8) is 0 Å². The number of likely N-dealkylation sites (tertiary alicyclic amines) is 1. The molecule has 0 radical (unpaired) electrons. The molecule has 1 aromatic carbocycles. The first-order valence-corrected chi connectivity index (χ1v) is 10.0. The van der Waals surface area contributed by atoms with Crippen molar-refractivity contribution < 1.29 is 9.47 Å². The van der Waals surface area contributed by atoms with Gasteiger partial charge in [-0.25, -0.2) is 0 Å². The van der Waals surface area contributed by atoms with Crippen LogP contribution in [0.1, 0.15) is 24.5 Å². The van der Waals surface area contributed by atoms with Crippen molar-refractivity contribution in [2.75, 3.05) is 53.6 Å². The van der Waals surface area contributed by atoms with Crippen molar-refractivity contribution in [3.8, 4) is 0 Å². The Morgan fingerprint density at radius 2 is 2.11 bits per heavy atom. The quantitative estimate of drug-likeness (QED) is 0.368. The van der Waals surface area contributed by atoms with E-state index in [1.165, 1.54) is 17.5 Å². The van der Waals surface area contributed by atoms with Crippen molar-refractivity contribution in [2.24, 2.45) is 10.9 Å². The number of morpholine rings is 1. The minimum Gasteiger partial charge on any atom is -0.384 e. The van der Waals surface area contributed by atoms with E-state index in [9.17, 15) is 0 Å². The summed E-state index contributed by atoms with van der Waals surface area (Å²) in [7, 11) is 3.64. The van der Waals surface area contributed by atoms with Crippen LogP contribution < -0.4 is 5.32 Å². The van der Waals surface area contributed by atoms with Crippen LogP contribution in [0.2, 0.25) is 0 Å². The van der Waals surface area contributed by atoms with Crippen LogP contribution in [0, 0.1) is 5.92 Å². The zero-order valence-electron chi connectivity index (χ0n) is 17.4.